The number of carbonyl (C=O) groups is 1. The van der Waals surface area contributed by atoms with Crippen molar-refractivity contribution in [2.45, 2.75) is 32.0 Å². The van der Waals surface area contributed by atoms with Crippen LogP contribution in [0.2, 0.25) is 0 Å². The van der Waals surface area contributed by atoms with E-state index in [1.165, 1.54) is 7.11 Å². The fourth-order valence-electron chi connectivity index (χ4n) is 2.16. The highest BCUT2D eigenvalue weighted by Gasteiger charge is 2.13. The van der Waals surface area contributed by atoms with Crippen LogP contribution >= 0.6 is 0 Å². The average Bonchev–Trinajstić information content (AvgIpc) is 2.56. The molecule has 2 rings (SSSR count). The van der Waals surface area contributed by atoms with Crippen LogP contribution in [-0.4, -0.2) is 32.6 Å². The van der Waals surface area contributed by atoms with Crippen molar-refractivity contribution < 1.29 is 19.0 Å². The van der Waals surface area contributed by atoms with E-state index in [9.17, 15) is 4.79 Å². The molecule has 22 heavy (non-hydrogen) atoms. The van der Waals surface area contributed by atoms with Gasteiger partial charge in [0.15, 0.2) is 6.29 Å². The normalized spacial score (nSPS) is 17.4. The van der Waals surface area contributed by atoms with E-state index in [2.05, 4.69) is 16.6 Å². The van der Waals surface area contributed by atoms with Crippen LogP contribution in [0.15, 0.2) is 18.2 Å². The smallest absolute Gasteiger partial charge is 0.337 e. The Hall–Kier alpha value is -2.03. The van der Waals surface area contributed by atoms with Gasteiger partial charge in [0.1, 0.15) is 0 Å². The van der Waals surface area contributed by atoms with Crippen molar-refractivity contribution in [2.24, 2.45) is 0 Å². The lowest BCUT2D eigenvalue weighted by Gasteiger charge is -2.22. The zero-order valence-electron chi connectivity index (χ0n) is 12.8. The van der Waals surface area contributed by atoms with Gasteiger partial charge in [-0.15, -0.1) is 0 Å². The van der Waals surface area contributed by atoms with Crippen molar-refractivity contribution in [2.75, 3.05) is 26.1 Å². The molecule has 0 aliphatic carbocycles. The number of nitrogen functional groups attached to an aromatic ring is 1. The number of hydrogen-bond donors (Lipinski definition) is 1. The van der Waals surface area contributed by atoms with Crippen LogP contribution in [0.4, 0.5) is 5.69 Å². The molecule has 1 fully saturated rings. The summed E-state index contributed by atoms with van der Waals surface area (Å²) in [5, 5.41) is 0. The zero-order valence-corrected chi connectivity index (χ0v) is 12.8. The molecule has 0 radical (unpaired) electrons. The number of anilines is 1. The second-order valence-electron chi connectivity index (χ2n) is 5.01. The monoisotopic (exact) mass is 303 g/mol. The first kappa shape index (κ1) is 16.3. The molecule has 5 nitrogen and oxygen atoms in total. The van der Waals surface area contributed by atoms with E-state index in [0.717, 1.165) is 25.9 Å². The molecule has 5 heteroatoms. The predicted molar refractivity (Wildman–Crippen MR) is 83.2 cm³/mol. The van der Waals surface area contributed by atoms with Crippen LogP contribution in [0.25, 0.3) is 0 Å². The molecule has 1 aromatic carbocycles. The standard InChI is InChI=1S/C17H21NO4/c1-20-17(19)14-9-8-13(15(18)12-14)6-2-4-10-21-16-7-3-5-11-22-16/h8-9,12,16H,3-5,7,10-11,18H2,1H3. The highest BCUT2D eigenvalue weighted by molar-refractivity contribution is 5.90. The van der Waals surface area contributed by atoms with Crippen LogP contribution in [0.3, 0.4) is 0 Å². The van der Waals surface area contributed by atoms with Crippen molar-refractivity contribution in [3.05, 3.63) is 29.3 Å². The van der Waals surface area contributed by atoms with E-state index in [1.54, 1.807) is 18.2 Å². The molecule has 1 heterocycles. The first-order valence-electron chi connectivity index (χ1n) is 7.40. The van der Waals surface area contributed by atoms with E-state index < -0.39 is 5.97 Å². The Labute approximate surface area is 130 Å². The topological polar surface area (TPSA) is 70.8 Å². The lowest BCUT2D eigenvalue weighted by atomic mass is 10.1. The molecule has 1 unspecified atom stereocenters. The van der Waals surface area contributed by atoms with Gasteiger partial charge in [-0.25, -0.2) is 4.79 Å². The Morgan fingerprint density at radius 2 is 2.32 bits per heavy atom. The van der Waals surface area contributed by atoms with Gasteiger partial charge in [0, 0.05) is 24.3 Å². The summed E-state index contributed by atoms with van der Waals surface area (Å²) in [6.45, 7) is 1.32. The van der Waals surface area contributed by atoms with Crippen molar-refractivity contribution in [1.29, 1.82) is 0 Å². The Bertz CT molecular complexity index is 568. The second kappa shape index (κ2) is 8.42. The molecule has 0 aromatic heterocycles. The van der Waals surface area contributed by atoms with E-state index in [4.69, 9.17) is 15.2 Å². The number of esters is 1. The van der Waals surface area contributed by atoms with Gasteiger partial charge >= 0.3 is 5.97 Å². The lowest BCUT2D eigenvalue weighted by molar-refractivity contribution is -0.161. The van der Waals surface area contributed by atoms with Crippen LogP contribution in [0.1, 0.15) is 41.6 Å². The summed E-state index contributed by atoms with van der Waals surface area (Å²) in [5.41, 5.74) is 7.46. The van der Waals surface area contributed by atoms with Gasteiger partial charge in [-0.1, -0.05) is 11.8 Å². The quantitative estimate of drug-likeness (QED) is 0.400. The van der Waals surface area contributed by atoms with Gasteiger partial charge in [-0.2, -0.15) is 0 Å². The number of ether oxygens (including phenoxy) is 3. The van der Waals surface area contributed by atoms with E-state index >= 15 is 0 Å². The van der Waals surface area contributed by atoms with Crippen LogP contribution in [-0.2, 0) is 14.2 Å². The molecule has 0 bridgehead atoms. The Morgan fingerprint density at radius 1 is 1.45 bits per heavy atom. The maximum Gasteiger partial charge on any atom is 0.337 e. The molecule has 0 saturated carbocycles. The number of nitrogens with two attached hydrogens (primary N) is 1. The Kier molecular flexibility index (Phi) is 6.26. The summed E-state index contributed by atoms with van der Waals surface area (Å²) in [7, 11) is 1.34. The number of carbonyl (C=O) groups excluding carboxylic acids is 1. The third kappa shape index (κ3) is 4.76. The second-order valence-corrected chi connectivity index (χ2v) is 5.01. The number of benzene rings is 1. The first-order chi connectivity index (χ1) is 10.7. The molecule has 0 amide bonds. The molecule has 1 aliphatic heterocycles. The van der Waals surface area contributed by atoms with Crippen molar-refractivity contribution in [3.8, 4) is 11.8 Å². The summed E-state index contributed by atoms with van der Waals surface area (Å²) < 4.78 is 15.7. The van der Waals surface area contributed by atoms with Crippen molar-refractivity contribution in [3.63, 3.8) is 0 Å². The van der Waals surface area contributed by atoms with Crippen molar-refractivity contribution in [1.82, 2.24) is 0 Å². The van der Waals surface area contributed by atoms with E-state index in [1.807, 2.05) is 0 Å². The molecule has 0 spiro atoms. The minimum Gasteiger partial charge on any atom is -0.465 e. The SMILES string of the molecule is COC(=O)c1ccc(C#CCCOC2CCCCO2)c(N)c1. The fraction of sp³-hybridized carbons (Fsp3) is 0.471. The lowest BCUT2D eigenvalue weighted by Crippen LogP contribution is -2.22. The summed E-state index contributed by atoms with van der Waals surface area (Å²) in [6.07, 6.45) is 3.74. The molecule has 2 N–H and O–H groups in total. The summed E-state index contributed by atoms with van der Waals surface area (Å²) >= 11 is 0. The summed E-state index contributed by atoms with van der Waals surface area (Å²) in [5.74, 6) is 5.59. The van der Waals surface area contributed by atoms with Gasteiger partial charge in [-0.3, -0.25) is 0 Å². The molecule has 1 aromatic rings. The Morgan fingerprint density at radius 3 is 3.00 bits per heavy atom. The Balaban J connectivity index is 1.82. The highest BCUT2D eigenvalue weighted by atomic mass is 16.7. The third-order valence-corrected chi connectivity index (χ3v) is 3.36. The van der Waals surface area contributed by atoms with Gasteiger partial charge < -0.3 is 19.9 Å². The van der Waals surface area contributed by atoms with E-state index in [-0.39, 0.29) is 6.29 Å². The predicted octanol–water partition coefficient (Wildman–Crippen LogP) is 2.34. The third-order valence-electron chi connectivity index (χ3n) is 3.36. The van der Waals surface area contributed by atoms with Gasteiger partial charge in [0.25, 0.3) is 0 Å². The molecule has 1 atom stereocenters. The van der Waals surface area contributed by atoms with Crippen LogP contribution in [0, 0.1) is 11.8 Å². The maximum atomic E-state index is 11.4. The zero-order chi connectivity index (χ0) is 15.8. The van der Waals surface area contributed by atoms with Crippen molar-refractivity contribution >= 4 is 11.7 Å². The van der Waals surface area contributed by atoms with Crippen LogP contribution < -0.4 is 5.73 Å². The molecule has 1 saturated heterocycles. The summed E-state index contributed by atoms with van der Waals surface area (Å²) in [6, 6.07) is 4.94. The largest absolute Gasteiger partial charge is 0.465 e. The number of methoxy groups -OCH3 is 1. The number of rotatable bonds is 4. The van der Waals surface area contributed by atoms with Gasteiger partial charge in [0.05, 0.1) is 19.3 Å². The summed E-state index contributed by atoms with van der Waals surface area (Å²) in [4.78, 5) is 11.4. The fourth-order valence-corrected chi connectivity index (χ4v) is 2.16. The minimum atomic E-state index is -0.410. The molecule has 118 valence electrons. The highest BCUT2D eigenvalue weighted by Crippen LogP contribution is 2.15. The molecular weight excluding hydrogens is 282 g/mol. The molecular formula is C17H21NO4. The van der Waals surface area contributed by atoms with E-state index in [0.29, 0.717) is 29.8 Å². The average molecular weight is 303 g/mol. The maximum absolute atomic E-state index is 11.4. The van der Waals surface area contributed by atoms with Gasteiger partial charge in [-0.05, 0) is 37.5 Å². The molecule has 1 aliphatic rings. The minimum absolute atomic E-state index is 0.0834. The first-order valence-corrected chi connectivity index (χ1v) is 7.40. The van der Waals surface area contributed by atoms with Crippen LogP contribution in [0.5, 0.6) is 0 Å². The number of hydrogen-bond acceptors (Lipinski definition) is 5. The van der Waals surface area contributed by atoms with Gasteiger partial charge in [0.2, 0.25) is 0 Å².